The van der Waals surface area contributed by atoms with E-state index < -0.39 is 10.0 Å². The maximum Gasteiger partial charge on any atom is 0.265 e. The molecule has 0 aliphatic heterocycles. The maximum atomic E-state index is 12.6. The van der Waals surface area contributed by atoms with Crippen LogP contribution in [-0.4, -0.2) is 31.7 Å². The molecule has 1 N–H and O–H groups in total. The summed E-state index contributed by atoms with van der Waals surface area (Å²) >= 11 is 7.37. The zero-order valence-corrected chi connectivity index (χ0v) is 15.1. The van der Waals surface area contributed by atoms with Crippen LogP contribution in [0, 0.1) is 0 Å². The summed E-state index contributed by atoms with van der Waals surface area (Å²) in [5.41, 5.74) is 0.388. The molecule has 0 saturated heterocycles. The molecule has 0 fully saturated rings. The first-order valence-corrected chi connectivity index (χ1v) is 9.74. The van der Waals surface area contributed by atoms with E-state index in [0.717, 1.165) is 0 Å². The number of carbonyl (C=O) groups excluding carboxylic acids is 1. The molecule has 124 valence electrons. The van der Waals surface area contributed by atoms with Gasteiger partial charge in [0.05, 0.1) is 9.90 Å². The van der Waals surface area contributed by atoms with Gasteiger partial charge in [0, 0.05) is 18.8 Å². The Labute approximate surface area is 144 Å². The summed E-state index contributed by atoms with van der Waals surface area (Å²) in [4.78, 5) is 12.6. The average molecular weight is 373 g/mol. The van der Waals surface area contributed by atoms with Crippen LogP contribution in [0.3, 0.4) is 0 Å². The molecule has 0 bridgehead atoms. The van der Waals surface area contributed by atoms with Crippen LogP contribution in [0.5, 0.6) is 0 Å². The van der Waals surface area contributed by atoms with Crippen molar-refractivity contribution in [2.75, 3.05) is 18.4 Å². The molecule has 0 saturated carbocycles. The summed E-state index contributed by atoms with van der Waals surface area (Å²) in [6.45, 7) is 4.22. The zero-order valence-electron chi connectivity index (χ0n) is 12.7. The number of hydrogen-bond donors (Lipinski definition) is 1. The molecule has 0 aliphatic rings. The Bertz CT molecular complexity index is 785. The second-order valence-electron chi connectivity index (χ2n) is 4.67. The minimum absolute atomic E-state index is 0.00755. The number of benzene rings is 1. The number of carbonyl (C=O) groups is 1. The molecule has 23 heavy (non-hydrogen) atoms. The molecule has 1 aromatic heterocycles. The highest BCUT2D eigenvalue weighted by Crippen LogP contribution is 2.28. The van der Waals surface area contributed by atoms with Crippen LogP contribution in [0.1, 0.15) is 23.5 Å². The lowest BCUT2D eigenvalue weighted by atomic mass is 10.3. The molecule has 0 unspecified atom stereocenters. The van der Waals surface area contributed by atoms with Crippen molar-refractivity contribution in [3.05, 3.63) is 45.6 Å². The number of nitrogens with one attached hydrogen (secondary N) is 1. The lowest BCUT2D eigenvalue weighted by Gasteiger charge is -2.19. The maximum absolute atomic E-state index is 12.6. The van der Waals surface area contributed by atoms with E-state index in [1.807, 2.05) is 0 Å². The number of amides is 1. The summed E-state index contributed by atoms with van der Waals surface area (Å²) < 4.78 is 26.5. The van der Waals surface area contributed by atoms with Gasteiger partial charge < -0.3 is 5.32 Å². The molecule has 2 rings (SSSR count). The SMILES string of the molecule is CCN(CC)S(=O)(=O)c1cc(NC(=O)c2cccs2)ccc1Cl. The fourth-order valence-electron chi connectivity index (χ4n) is 2.08. The second kappa shape index (κ2) is 7.44. The average Bonchev–Trinajstić information content (AvgIpc) is 3.04. The van der Waals surface area contributed by atoms with Gasteiger partial charge in [0.2, 0.25) is 10.0 Å². The number of anilines is 1. The van der Waals surface area contributed by atoms with E-state index in [9.17, 15) is 13.2 Å². The normalized spacial score (nSPS) is 11.7. The quantitative estimate of drug-likeness (QED) is 0.840. The van der Waals surface area contributed by atoms with Crippen molar-refractivity contribution in [3.8, 4) is 0 Å². The Morgan fingerprint density at radius 1 is 1.26 bits per heavy atom. The summed E-state index contributed by atoms with van der Waals surface area (Å²) in [5.74, 6) is -0.284. The van der Waals surface area contributed by atoms with E-state index in [4.69, 9.17) is 11.6 Å². The number of halogens is 1. The molecule has 1 aromatic carbocycles. The summed E-state index contributed by atoms with van der Waals surface area (Å²) in [6.07, 6.45) is 0. The van der Waals surface area contributed by atoms with Gasteiger partial charge in [-0.1, -0.05) is 31.5 Å². The third-order valence-corrected chi connectivity index (χ3v) is 6.66. The molecule has 1 amide bonds. The van der Waals surface area contributed by atoms with Gasteiger partial charge in [-0.05, 0) is 29.6 Å². The molecule has 2 aromatic rings. The van der Waals surface area contributed by atoms with E-state index in [0.29, 0.717) is 23.7 Å². The highest BCUT2D eigenvalue weighted by Gasteiger charge is 2.25. The molecule has 0 radical (unpaired) electrons. The molecule has 0 atom stereocenters. The van der Waals surface area contributed by atoms with Crippen molar-refractivity contribution in [3.63, 3.8) is 0 Å². The largest absolute Gasteiger partial charge is 0.321 e. The molecule has 5 nitrogen and oxygen atoms in total. The molecule has 0 spiro atoms. The first-order chi connectivity index (χ1) is 10.9. The summed E-state index contributed by atoms with van der Waals surface area (Å²) in [7, 11) is -3.69. The minimum Gasteiger partial charge on any atom is -0.321 e. The van der Waals surface area contributed by atoms with Crippen molar-refractivity contribution in [1.82, 2.24) is 4.31 Å². The highest BCUT2D eigenvalue weighted by molar-refractivity contribution is 7.89. The third-order valence-electron chi connectivity index (χ3n) is 3.26. The van der Waals surface area contributed by atoms with Gasteiger partial charge >= 0.3 is 0 Å². The van der Waals surface area contributed by atoms with Crippen molar-refractivity contribution in [2.45, 2.75) is 18.7 Å². The predicted octanol–water partition coefficient (Wildman–Crippen LogP) is 3.68. The Kier molecular flexibility index (Phi) is 5.80. The van der Waals surface area contributed by atoms with Crippen LogP contribution in [0.2, 0.25) is 5.02 Å². The molecule has 0 aliphatic carbocycles. The van der Waals surface area contributed by atoms with Crippen molar-refractivity contribution < 1.29 is 13.2 Å². The van der Waals surface area contributed by atoms with Crippen LogP contribution in [0.25, 0.3) is 0 Å². The topological polar surface area (TPSA) is 66.5 Å². The Morgan fingerprint density at radius 3 is 2.52 bits per heavy atom. The zero-order chi connectivity index (χ0) is 17.0. The first kappa shape index (κ1) is 17.9. The number of sulfonamides is 1. The first-order valence-electron chi connectivity index (χ1n) is 7.04. The van der Waals surface area contributed by atoms with Crippen LogP contribution in [0.15, 0.2) is 40.6 Å². The van der Waals surface area contributed by atoms with E-state index in [-0.39, 0.29) is 15.8 Å². The number of thiophene rings is 1. The highest BCUT2D eigenvalue weighted by atomic mass is 35.5. The van der Waals surface area contributed by atoms with Crippen molar-refractivity contribution in [1.29, 1.82) is 0 Å². The van der Waals surface area contributed by atoms with Gasteiger partial charge in [-0.3, -0.25) is 4.79 Å². The number of nitrogens with zero attached hydrogens (tertiary/aromatic N) is 1. The van der Waals surface area contributed by atoms with Gasteiger partial charge in [0.15, 0.2) is 0 Å². The number of hydrogen-bond acceptors (Lipinski definition) is 4. The van der Waals surface area contributed by atoms with Crippen LogP contribution >= 0.6 is 22.9 Å². The Hall–Kier alpha value is -1.41. The second-order valence-corrected chi connectivity index (χ2v) is 7.93. The monoisotopic (exact) mass is 372 g/mol. The fraction of sp³-hybridized carbons (Fsp3) is 0.267. The molecular weight excluding hydrogens is 356 g/mol. The Balaban J connectivity index is 2.34. The van der Waals surface area contributed by atoms with E-state index in [1.54, 1.807) is 37.4 Å². The van der Waals surface area contributed by atoms with Crippen LogP contribution in [-0.2, 0) is 10.0 Å². The van der Waals surface area contributed by atoms with Gasteiger partial charge in [-0.2, -0.15) is 4.31 Å². The van der Waals surface area contributed by atoms with E-state index in [2.05, 4.69) is 5.32 Å². The minimum atomic E-state index is -3.69. The van der Waals surface area contributed by atoms with Crippen molar-refractivity contribution in [2.24, 2.45) is 0 Å². The van der Waals surface area contributed by atoms with Gasteiger partial charge in [0.25, 0.3) is 5.91 Å². The smallest absolute Gasteiger partial charge is 0.265 e. The van der Waals surface area contributed by atoms with E-state index in [1.165, 1.54) is 27.8 Å². The van der Waals surface area contributed by atoms with E-state index >= 15 is 0 Å². The fourth-order valence-corrected chi connectivity index (χ4v) is 4.66. The lowest BCUT2D eigenvalue weighted by molar-refractivity contribution is 0.103. The Morgan fingerprint density at radius 2 is 1.96 bits per heavy atom. The molecule has 8 heteroatoms. The predicted molar refractivity (Wildman–Crippen MR) is 93.8 cm³/mol. The number of rotatable bonds is 6. The standard InChI is InChI=1S/C15H17ClN2O3S2/c1-3-18(4-2)23(20,21)14-10-11(7-8-12(14)16)17-15(19)13-6-5-9-22-13/h5-10H,3-4H2,1-2H3,(H,17,19). The lowest BCUT2D eigenvalue weighted by Crippen LogP contribution is -2.30. The van der Waals surface area contributed by atoms with Crippen LogP contribution < -0.4 is 5.32 Å². The van der Waals surface area contributed by atoms with Crippen molar-refractivity contribution >= 4 is 44.6 Å². The van der Waals surface area contributed by atoms with Gasteiger partial charge in [-0.15, -0.1) is 11.3 Å². The van der Waals surface area contributed by atoms with Gasteiger partial charge in [-0.25, -0.2) is 8.42 Å². The molecular formula is C15H17ClN2O3S2. The summed E-state index contributed by atoms with van der Waals surface area (Å²) in [6, 6.07) is 7.92. The van der Waals surface area contributed by atoms with Crippen LogP contribution in [0.4, 0.5) is 5.69 Å². The molecule has 1 heterocycles. The summed E-state index contributed by atoms with van der Waals surface area (Å²) in [5, 5.41) is 4.62. The van der Waals surface area contributed by atoms with Gasteiger partial charge in [0.1, 0.15) is 4.90 Å². The third kappa shape index (κ3) is 3.92.